The van der Waals surface area contributed by atoms with Crippen LogP contribution < -0.4 is 4.74 Å². The first-order valence-corrected chi connectivity index (χ1v) is 12.3. The normalized spacial score (nSPS) is 16.4. The van der Waals surface area contributed by atoms with Crippen molar-refractivity contribution < 1.29 is 23.7 Å². The van der Waals surface area contributed by atoms with E-state index in [4.69, 9.17) is 19.3 Å². The smallest absolute Gasteiger partial charge is 0.227 e. The molecule has 1 aromatic heterocycles. The van der Waals surface area contributed by atoms with E-state index in [-0.39, 0.29) is 18.5 Å². The maximum absolute atomic E-state index is 13.9. The second kappa shape index (κ2) is 12.8. The number of halogens is 1. The van der Waals surface area contributed by atoms with Gasteiger partial charge in [0, 0.05) is 32.3 Å². The highest BCUT2D eigenvalue weighted by Crippen LogP contribution is 2.32. The van der Waals surface area contributed by atoms with Crippen molar-refractivity contribution in [2.24, 2.45) is 0 Å². The molecule has 8 heteroatoms. The van der Waals surface area contributed by atoms with E-state index in [1.165, 1.54) is 12.1 Å². The summed E-state index contributed by atoms with van der Waals surface area (Å²) in [5.74, 6) is 0.523. The molecule has 4 rings (SSSR count). The number of nitrogens with zero attached hydrogens (tertiary/aromatic N) is 3. The van der Waals surface area contributed by atoms with E-state index < -0.39 is 6.10 Å². The lowest BCUT2D eigenvalue weighted by atomic mass is 10.1. The maximum atomic E-state index is 13.9. The van der Waals surface area contributed by atoms with E-state index in [0.717, 1.165) is 36.4 Å². The Labute approximate surface area is 211 Å². The highest BCUT2D eigenvalue weighted by atomic mass is 19.1. The van der Waals surface area contributed by atoms with Crippen LogP contribution in [0.25, 0.3) is 5.69 Å². The molecule has 36 heavy (non-hydrogen) atoms. The number of aliphatic hydroxyl groups excluding tert-OH is 1. The lowest BCUT2D eigenvalue weighted by Crippen LogP contribution is -2.39. The van der Waals surface area contributed by atoms with Gasteiger partial charge in [0.05, 0.1) is 42.4 Å². The fourth-order valence-corrected chi connectivity index (χ4v) is 4.35. The van der Waals surface area contributed by atoms with Gasteiger partial charge in [-0.05, 0) is 44.0 Å². The second-order valence-corrected chi connectivity index (χ2v) is 8.98. The first-order chi connectivity index (χ1) is 17.5. The molecule has 0 unspecified atom stereocenters. The molecule has 2 heterocycles. The zero-order chi connectivity index (χ0) is 25.3. The van der Waals surface area contributed by atoms with Crippen molar-refractivity contribution in [2.75, 3.05) is 32.9 Å². The van der Waals surface area contributed by atoms with Crippen molar-refractivity contribution in [3.05, 3.63) is 84.3 Å². The van der Waals surface area contributed by atoms with Crippen LogP contribution in [0, 0.1) is 12.7 Å². The predicted octanol–water partition coefficient (Wildman–Crippen LogP) is 4.66. The van der Waals surface area contributed by atoms with Gasteiger partial charge in [0.15, 0.2) is 0 Å². The molecule has 0 bridgehead atoms. The average Bonchev–Trinajstić information content (AvgIpc) is 3.48. The number of aryl methyl sites for hydroxylation is 1. The number of aliphatic hydroxyl groups is 1. The molecule has 0 amide bonds. The fourth-order valence-electron chi connectivity index (χ4n) is 4.35. The standard InChI is InChI=1S/C28H34FN3O4/c1-3-14-34-20-24(33)17-31(18-26-13-8-15-35-26)19-27-21(2)30-32(23-10-5-4-6-11-23)28(27)36-25-12-7-9-22(29)16-25/h3-7,9-12,16,24,26,33H,1,8,13-15,17-20H2,2H3/t24-,26-/m0/s1. The molecule has 0 saturated carbocycles. The number of benzene rings is 2. The summed E-state index contributed by atoms with van der Waals surface area (Å²) in [6, 6.07) is 15.8. The maximum Gasteiger partial charge on any atom is 0.227 e. The molecular weight excluding hydrogens is 461 g/mol. The van der Waals surface area contributed by atoms with Crippen LogP contribution in [-0.2, 0) is 16.0 Å². The van der Waals surface area contributed by atoms with Crippen molar-refractivity contribution in [1.29, 1.82) is 0 Å². The summed E-state index contributed by atoms with van der Waals surface area (Å²) < 4.78 is 33.3. The van der Waals surface area contributed by atoms with E-state index in [1.807, 2.05) is 37.3 Å². The van der Waals surface area contributed by atoms with Crippen LogP contribution in [-0.4, -0.2) is 64.9 Å². The van der Waals surface area contributed by atoms with Gasteiger partial charge in [0.2, 0.25) is 5.88 Å². The van der Waals surface area contributed by atoms with E-state index in [0.29, 0.717) is 37.9 Å². The van der Waals surface area contributed by atoms with Crippen LogP contribution in [0.15, 0.2) is 67.3 Å². The monoisotopic (exact) mass is 495 g/mol. The lowest BCUT2D eigenvalue weighted by Gasteiger charge is -2.27. The predicted molar refractivity (Wildman–Crippen MR) is 136 cm³/mol. The minimum atomic E-state index is -0.677. The molecule has 2 atom stereocenters. The summed E-state index contributed by atoms with van der Waals surface area (Å²) in [6.45, 7) is 8.46. The number of para-hydroxylation sites is 1. The van der Waals surface area contributed by atoms with Gasteiger partial charge < -0.3 is 19.3 Å². The summed E-state index contributed by atoms with van der Waals surface area (Å²) in [5, 5.41) is 15.4. The molecule has 192 valence electrons. The SMILES string of the molecule is C=CCOC[C@@H](O)CN(Cc1c(C)nn(-c2ccccc2)c1Oc1cccc(F)c1)C[C@@H]1CCCO1. The molecule has 0 aliphatic carbocycles. The summed E-state index contributed by atoms with van der Waals surface area (Å²) in [5.41, 5.74) is 2.49. The number of rotatable bonds is 13. The van der Waals surface area contributed by atoms with Crippen LogP contribution in [0.5, 0.6) is 11.6 Å². The van der Waals surface area contributed by atoms with Crippen LogP contribution >= 0.6 is 0 Å². The molecule has 2 aromatic carbocycles. The Hall–Kier alpha value is -3.04. The third-order valence-electron chi connectivity index (χ3n) is 6.03. The van der Waals surface area contributed by atoms with Gasteiger partial charge in [-0.2, -0.15) is 5.10 Å². The highest BCUT2D eigenvalue weighted by molar-refractivity contribution is 5.43. The van der Waals surface area contributed by atoms with Crippen molar-refractivity contribution in [1.82, 2.24) is 14.7 Å². The molecule has 1 saturated heterocycles. The van der Waals surface area contributed by atoms with Crippen molar-refractivity contribution in [3.8, 4) is 17.3 Å². The van der Waals surface area contributed by atoms with Gasteiger partial charge in [-0.1, -0.05) is 30.3 Å². The first-order valence-electron chi connectivity index (χ1n) is 12.3. The Morgan fingerprint density at radius 3 is 2.83 bits per heavy atom. The van der Waals surface area contributed by atoms with Gasteiger partial charge in [0.1, 0.15) is 11.6 Å². The van der Waals surface area contributed by atoms with Gasteiger partial charge >= 0.3 is 0 Å². The summed E-state index contributed by atoms with van der Waals surface area (Å²) in [7, 11) is 0. The van der Waals surface area contributed by atoms with Crippen LogP contribution in [0.2, 0.25) is 0 Å². The summed E-state index contributed by atoms with van der Waals surface area (Å²) in [6.07, 6.45) is 3.09. The van der Waals surface area contributed by atoms with Crippen LogP contribution in [0.3, 0.4) is 0 Å². The van der Waals surface area contributed by atoms with E-state index >= 15 is 0 Å². The van der Waals surface area contributed by atoms with Crippen molar-refractivity contribution >= 4 is 0 Å². The Bertz CT molecular complexity index is 1120. The van der Waals surface area contributed by atoms with Crippen LogP contribution in [0.4, 0.5) is 4.39 Å². The fraction of sp³-hybridized carbons (Fsp3) is 0.393. The molecule has 0 radical (unpaired) electrons. The first kappa shape index (κ1) is 26.0. The van der Waals surface area contributed by atoms with Gasteiger partial charge in [0.25, 0.3) is 0 Å². The number of ether oxygens (including phenoxy) is 3. The molecular formula is C28H34FN3O4. The topological polar surface area (TPSA) is 69.0 Å². The van der Waals surface area contributed by atoms with E-state index in [2.05, 4.69) is 11.5 Å². The minimum Gasteiger partial charge on any atom is -0.438 e. The molecule has 7 nitrogen and oxygen atoms in total. The van der Waals surface area contributed by atoms with Gasteiger partial charge in [-0.15, -0.1) is 6.58 Å². The van der Waals surface area contributed by atoms with Crippen LogP contribution in [0.1, 0.15) is 24.1 Å². The molecule has 1 N–H and O–H groups in total. The summed E-state index contributed by atoms with van der Waals surface area (Å²) >= 11 is 0. The zero-order valence-corrected chi connectivity index (χ0v) is 20.7. The molecule has 1 aliphatic rings. The van der Waals surface area contributed by atoms with E-state index in [9.17, 15) is 9.50 Å². The zero-order valence-electron chi connectivity index (χ0n) is 20.7. The molecule has 0 spiro atoms. The molecule has 3 aromatic rings. The highest BCUT2D eigenvalue weighted by Gasteiger charge is 2.26. The van der Waals surface area contributed by atoms with Gasteiger partial charge in [-0.3, -0.25) is 4.90 Å². The Morgan fingerprint density at radius 1 is 1.28 bits per heavy atom. The summed E-state index contributed by atoms with van der Waals surface area (Å²) in [4.78, 5) is 2.15. The third-order valence-corrected chi connectivity index (χ3v) is 6.03. The second-order valence-electron chi connectivity index (χ2n) is 8.98. The average molecular weight is 496 g/mol. The van der Waals surface area contributed by atoms with E-state index in [1.54, 1.807) is 22.9 Å². The number of hydrogen-bond acceptors (Lipinski definition) is 6. The number of hydrogen-bond donors (Lipinski definition) is 1. The quantitative estimate of drug-likeness (QED) is 0.275. The van der Waals surface area contributed by atoms with Crippen molar-refractivity contribution in [3.63, 3.8) is 0 Å². The molecule has 1 fully saturated rings. The Balaban J connectivity index is 1.64. The van der Waals surface area contributed by atoms with Gasteiger partial charge in [-0.25, -0.2) is 9.07 Å². The lowest BCUT2D eigenvalue weighted by molar-refractivity contribution is 0.00836. The van der Waals surface area contributed by atoms with Crippen molar-refractivity contribution in [2.45, 2.75) is 38.5 Å². The Kier molecular flexibility index (Phi) is 9.24. The third kappa shape index (κ3) is 7.01. The Morgan fingerprint density at radius 2 is 2.11 bits per heavy atom. The molecule has 1 aliphatic heterocycles. The minimum absolute atomic E-state index is 0.100. The largest absolute Gasteiger partial charge is 0.438 e. The number of aromatic nitrogens is 2.